The second-order valence-electron chi connectivity index (χ2n) is 7.44. The highest BCUT2D eigenvalue weighted by atomic mass is 16.5. The first-order chi connectivity index (χ1) is 14.0. The molecule has 0 bridgehead atoms. The zero-order chi connectivity index (χ0) is 20.5. The van der Waals surface area contributed by atoms with Crippen LogP contribution in [0.25, 0.3) is 0 Å². The van der Waals surface area contributed by atoms with Gasteiger partial charge in [0.2, 0.25) is 0 Å². The SMILES string of the molecule is COc1ccc(CN2C(=O)N(c3ccc(C(C)=O)cc3)C(=O)[C@H]3[NH2+]CC[C@H]32)cc1. The molecule has 0 saturated carbocycles. The summed E-state index contributed by atoms with van der Waals surface area (Å²) in [5, 5.41) is 2.01. The number of amides is 3. The van der Waals surface area contributed by atoms with Crippen LogP contribution in [0.2, 0.25) is 0 Å². The minimum absolute atomic E-state index is 0.0573. The van der Waals surface area contributed by atoms with Crippen molar-refractivity contribution in [1.29, 1.82) is 0 Å². The number of quaternary nitrogens is 1. The molecular weight excluding hydrogens is 370 g/mol. The fourth-order valence-corrected chi connectivity index (χ4v) is 4.11. The summed E-state index contributed by atoms with van der Waals surface area (Å²) in [5.41, 5.74) is 2.01. The molecule has 29 heavy (non-hydrogen) atoms. The molecule has 150 valence electrons. The number of ketones is 1. The number of fused-ring (bicyclic) bond motifs is 1. The van der Waals surface area contributed by atoms with Crippen LogP contribution in [0.4, 0.5) is 10.5 Å². The fourth-order valence-electron chi connectivity index (χ4n) is 4.11. The number of anilines is 1. The standard InChI is InChI=1S/C22H23N3O4/c1-14(26)16-5-7-17(8-6-16)25-21(27)20-19(11-12-23-20)24(22(25)28)13-15-3-9-18(29-2)10-4-15/h3-10,19-20,23H,11-13H2,1-2H3/p+1/t19-,20+/m1/s1. The zero-order valence-corrected chi connectivity index (χ0v) is 16.5. The number of ether oxygens (including phenoxy) is 1. The molecule has 0 spiro atoms. The summed E-state index contributed by atoms with van der Waals surface area (Å²) in [6, 6.07) is 13.5. The van der Waals surface area contributed by atoms with Gasteiger partial charge in [-0.15, -0.1) is 0 Å². The number of methoxy groups -OCH3 is 1. The predicted molar refractivity (Wildman–Crippen MR) is 107 cm³/mol. The highest BCUT2D eigenvalue weighted by molar-refractivity contribution is 6.17. The Hall–Kier alpha value is -3.19. The maximum atomic E-state index is 13.4. The van der Waals surface area contributed by atoms with E-state index in [9.17, 15) is 14.4 Å². The summed E-state index contributed by atoms with van der Waals surface area (Å²) in [6.45, 7) is 2.72. The Morgan fingerprint density at radius 2 is 1.79 bits per heavy atom. The molecule has 2 aliphatic heterocycles. The number of Topliss-reactive ketones (excluding diaryl/α,β-unsaturated/α-hetero) is 1. The van der Waals surface area contributed by atoms with Crippen LogP contribution in [0.15, 0.2) is 48.5 Å². The molecule has 2 heterocycles. The third-order valence-electron chi connectivity index (χ3n) is 5.68. The number of carbonyl (C=O) groups is 3. The summed E-state index contributed by atoms with van der Waals surface area (Å²) in [6.07, 6.45) is 0.787. The summed E-state index contributed by atoms with van der Waals surface area (Å²) in [5.74, 6) is 0.505. The summed E-state index contributed by atoms with van der Waals surface area (Å²) in [7, 11) is 1.61. The molecule has 2 saturated heterocycles. The molecule has 0 aromatic heterocycles. The molecule has 2 atom stereocenters. The molecule has 0 aliphatic carbocycles. The Bertz CT molecular complexity index is 940. The first kappa shape index (κ1) is 19.1. The van der Waals surface area contributed by atoms with E-state index in [1.54, 1.807) is 36.3 Å². The molecule has 2 aliphatic rings. The van der Waals surface area contributed by atoms with Crippen LogP contribution in [-0.2, 0) is 11.3 Å². The number of benzene rings is 2. The number of imide groups is 1. The number of urea groups is 1. The van der Waals surface area contributed by atoms with Gasteiger partial charge in [0.05, 0.1) is 19.3 Å². The Kier molecular flexibility index (Phi) is 5.07. The van der Waals surface area contributed by atoms with Gasteiger partial charge in [0.25, 0.3) is 5.91 Å². The van der Waals surface area contributed by atoms with Gasteiger partial charge < -0.3 is 15.0 Å². The van der Waals surface area contributed by atoms with Gasteiger partial charge in [-0.2, -0.15) is 0 Å². The van der Waals surface area contributed by atoms with Crippen LogP contribution in [0, 0.1) is 0 Å². The van der Waals surface area contributed by atoms with Gasteiger partial charge in [-0.25, -0.2) is 9.69 Å². The molecule has 2 fully saturated rings. The van der Waals surface area contributed by atoms with Crippen LogP contribution in [-0.4, -0.2) is 48.4 Å². The number of hydrogen-bond donors (Lipinski definition) is 1. The molecule has 3 amide bonds. The normalized spacial score (nSPS) is 21.3. The molecule has 0 radical (unpaired) electrons. The van der Waals surface area contributed by atoms with Crippen molar-refractivity contribution in [2.24, 2.45) is 0 Å². The summed E-state index contributed by atoms with van der Waals surface area (Å²) >= 11 is 0. The van der Waals surface area contributed by atoms with Crippen LogP contribution in [0.1, 0.15) is 29.3 Å². The lowest BCUT2D eigenvalue weighted by atomic mass is 10.0. The van der Waals surface area contributed by atoms with E-state index in [4.69, 9.17) is 4.74 Å². The number of hydrogen-bond acceptors (Lipinski definition) is 4. The van der Waals surface area contributed by atoms with Gasteiger partial charge in [0, 0.05) is 18.5 Å². The molecule has 4 rings (SSSR count). The van der Waals surface area contributed by atoms with Crippen molar-refractivity contribution in [2.75, 3.05) is 18.6 Å². The number of rotatable bonds is 5. The highest BCUT2D eigenvalue weighted by Crippen LogP contribution is 2.28. The van der Waals surface area contributed by atoms with E-state index >= 15 is 0 Å². The molecule has 2 aromatic rings. The van der Waals surface area contributed by atoms with Crippen LogP contribution in [0.5, 0.6) is 5.75 Å². The van der Waals surface area contributed by atoms with E-state index in [0.717, 1.165) is 24.3 Å². The second kappa shape index (κ2) is 7.67. The van der Waals surface area contributed by atoms with Crippen molar-refractivity contribution in [3.63, 3.8) is 0 Å². The summed E-state index contributed by atoms with van der Waals surface area (Å²) in [4.78, 5) is 41.0. The first-order valence-electron chi connectivity index (χ1n) is 9.71. The van der Waals surface area contributed by atoms with E-state index in [0.29, 0.717) is 17.8 Å². The van der Waals surface area contributed by atoms with E-state index < -0.39 is 0 Å². The van der Waals surface area contributed by atoms with Gasteiger partial charge in [-0.05, 0) is 48.9 Å². The van der Waals surface area contributed by atoms with Crippen LogP contribution >= 0.6 is 0 Å². The maximum absolute atomic E-state index is 13.4. The summed E-state index contributed by atoms with van der Waals surface area (Å²) < 4.78 is 5.20. The Morgan fingerprint density at radius 1 is 1.10 bits per heavy atom. The lowest BCUT2D eigenvalue weighted by Crippen LogP contribution is -2.93. The van der Waals surface area contributed by atoms with Crippen molar-refractivity contribution in [3.05, 3.63) is 59.7 Å². The zero-order valence-electron chi connectivity index (χ0n) is 16.5. The highest BCUT2D eigenvalue weighted by Gasteiger charge is 2.51. The van der Waals surface area contributed by atoms with Crippen molar-refractivity contribution in [1.82, 2.24) is 4.90 Å². The van der Waals surface area contributed by atoms with E-state index in [-0.39, 0.29) is 29.8 Å². The van der Waals surface area contributed by atoms with Crippen LogP contribution in [0.3, 0.4) is 0 Å². The smallest absolute Gasteiger partial charge is 0.332 e. The van der Waals surface area contributed by atoms with Crippen molar-refractivity contribution >= 4 is 23.4 Å². The average molecular weight is 394 g/mol. The minimum atomic E-state index is -0.321. The molecule has 2 aromatic carbocycles. The predicted octanol–water partition coefficient (Wildman–Crippen LogP) is 1.57. The van der Waals surface area contributed by atoms with E-state index in [1.807, 2.05) is 29.6 Å². The van der Waals surface area contributed by atoms with E-state index in [2.05, 4.69) is 0 Å². The largest absolute Gasteiger partial charge is 0.497 e. The minimum Gasteiger partial charge on any atom is -0.497 e. The molecule has 0 unspecified atom stereocenters. The number of nitrogens with zero attached hydrogens (tertiary/aromatic N) is 2. The first-order valence-corrected chi connectivity index (χ1v) is 9.71. The maximum Gasteiger partial charge on any atom is 0.332 e. The molecule has 2 N–H and O–H groups in total. The number of nitrogens with two attached hydrogens (primary N) is 1. The lowest BCUT2D eigenvalue weighted by Gasteiger charge is -2.40. The quantitative estimate of drug-likeness (QED) is 0.781. The van der Waals surface area contributed by atoms with E-state index in [1.165, 1.54) is 11.8 Å². The van der Waals surface area contributed by atoms with Crippen LogP contribution < -0.4 is 15.0 Å². The molecular formula is C22H24N3O4+. The van der Waals surface area contributed by atoms with Crippen molar-refractivity contribution < 1.29 is 24.4 Å². The monoisotopic (exact) mass is 394 g/mol. The van der Waals surface area contributed by atoms with Crippen molar-refractivity contribution in [2.45, 2.75) is 32.0 Å². The van der Waals surface area contributed by atoms with Gasteiger partial charge in [-0.3, -0.25) is 9.59 Å². The molecule has 7 heteroatoms. The topological polar surface area (TPSA) is 83.5 Å². The lowest BCUT2D eigenvalue weighted by molar-refractivity contribution is -0.659. The Labute approximate surface area is 169 Å². The Morgan fingerprint density at radius 3 is 2.41 bits per heavy atom. The van der Waals surface area contributed by atoms with Gasteiger partial charge in [0.1, 0.15) is 11.8 Å². The van der Waals surface area contributed by atoms with Gasteiger partial charge >= 0.3 is 6.03 Å². The third-order valence-corrected chi connectivity index (χ3v) is 5.68. The van der Waals surface area contributed by atoms with Gasteiger partial charge in [0.15, 0.2) is 11.8 Å². The van der Waals surface area contributed by atoms with Gasteiger partial charge in [-0.1, -0.05) is 12.1 Å². The molecule has 7 nitrogen and oxygen atoms in total. The average Bonchev–Trinajstić information content (AvgIpc) is 3.22. The number of carbonyl (C=O) groups excluding carboxylic acids is 3. The third kappa shape index (κ3) is 3.49. The fraction of sp³-hybridized carbons (Fsp3) is 0.318. The van der Waals surface area contributed by atoms with Crippen molar-refractivity contribution in [3.8, 4) is 5.75 Å². The Balaban J connectivity index is 1.64. The second-order valence-corrected chi connectivity index (χ2v) is 7.44.